The fraction of sp³-hybridized carbons (Fsp3) is 0.667. The highest BCUT2D eigenvalue weighted by molar-refractivity contribution is 7.13. The number of nitrogens with zero attached hydrogens (tertiary/aromatic N) is 2. The van der Waals surface area contributed by atoms with Crippen LogP contribution in [0.1, 0.15) is 25.0 Å². The maximum absolute atomic E-state index is 12.2. The van der Waals surface area contributed by atoms with Crippen molar-refractivity contribution in [3.8, 4) is 0 Å². The van der Waals surface area contributed by atoms with Gasteiger partial charge in [-0.15, -0.1) is 11.3 Å². The summed E-state index contributed by atoms with van der Waals surface area (Å²) in [5, 5.41) is 5.60. The normalized spacial score (nSPS) is 26.4. The molecule has 2 heterocycles. The van der Waals surface area contributed by atoms with Gasteiger partial charge in [-0.1, -0.05) is 0 Å². The van der Waals surface area contributed by atoms with Crippen LogP contribution in [0, 0.1) is 12.3 Å². The van der Waals surface area contributed by atoms with Crippen LogP contribution in [-0.2, 0) is 4.79 Å². The molecule has 0 bridgehead atoms. The maximum Gasteiger partial charge on any atom is 0.243 e. The molecule has 3 rings (SSSR count). The Morgan fingerprint density at radius 2 is 2.41 bits per heavy atom. The first kappa shape index (κ1) is 11.2. The maximum atomic E-state index is 12.2. The lowest BCUT2D eigenvalue weighted by Crippen LogP contribution is -2.37. The van der Waals surface area contributed by atoms with Gasteiger partial charge < -0.3 is 5.32 Å². The quantitative estimate of drug-likeness (QED) is 0.873. The van der Waals surface area contributed by atoms with Crippen molar-refractivity contribution in [3.05, 3.63) is 11.1 Å². The van der Waals surface area contributed by atoms with Crippen LogP contribution in [0.25, 0.3) is 0 Å². The number of hydrogen-bond donors (Lipinski definition) is 1. The molecular weight excluding hydrogens is 234 g/mol. The van der Waals surface area contributed by atoms with E-state index in [0.29, 0.717) is 5.41 Å². The van der Waals surface area contributed by atoms with Gasteiger partial charge in [-0.25, -0.2) is 4.98 Å². The Labute approximate surface area is 105 Å². The number of hydrogen-bond acceptors (Lipinski definition) is 4. The van der Waals surface area contributed by atoms with E-state index in [4.69, 9.17) is 0 Å². The second kappa shape index (κ2) is 3.78. The van der Waals surface area contributed by atoms with Crippen LogP contribution in [0.5, 0.6) is 0 Å². The minimum atomic E-state index is 0.0294. The summed E-state index contributed by atoms with van der Waals surface area (Å²) in [6, 6.07) is 0.0294. The molecule has 1 aliphatic heterocycles. The SMILES string of the molecule is Cc1csc(NC(=O)C2CC3(CC3)CN2C)n1. The number of aryl methyl sites for hydroxylation is 1. The number of amides is 1. The molecule has 4 nitrogen and oxygen atoms in total. The largest absolute Gasteiger partial charge is 0.301 e. The van der Waals surface area contributed by atoms with E-state index in [1.165, 1.54) is 24.2 Å². The summed E-state index contributed by atoms with van der Waals surface area (Å²) in [5.74, 6) is 0.102. The van der Waals surface area contributed by atoms with Crippen molar-refractivity contribution < 1.29 is 4.79 Å². The molecule has 0 aromatic carbocycles. The molecule has 1 aromatic heterocycles. The number of aromatic nitrogens is 1. The molecule has 1 spiro atoms. The first-order valence-electron chi connectivity index (χ1n) is 6.01. The van der Waals surface area contributed by atoms with Gasteiger partial charge in [-0.05, 0) is 38.6 Å². The van der Waals surface area contributed by atoms with Gasteiger partial charge in [0, 0.05) is 11.9 Å². The van der Waals surface area contributed by atoms with Crippen molar-refractivity contribution in [1.29, 1.82) is 0 Å². The van der Waals surface area contributed by atoms with Gasteiger partial charge in [0.2, 0.25) is 5.91 Å². The van der Waals surface area contributed by atoms with E-state index in [1.807, 2.05) is 19.4 Å². The average molecular weight is 251 g/mol. The molecule has 92 valence electrons. The third kappa shape index (κ3) is 2.09. The van der Waals surface area contributed by atoms with Crippen molar-refractivity contribution in [2.75, 3.05) is 18.9 Å². The minimum Gasteiger partial charge on any atom is -0.301 e. The number of carbonyl (C=O) groups is 1. The average Bonchev–Trinajstić information content (AvgIpc) is 2.75. The van der Waals surface area contributed by atoms with Crippen LogP contribution >= 0.6 is 11.3 Å². The number of rotatable bonds is 2. The standard InChI is InChI=1S/C12H17N3OS/c1-8-6-17-11(13-8)14-10(16)9-5-12(3-4-12)7-15(9)2/h6,9H,3-5,7H2,1-2H3,(H,13,14,16). The third-order valence-electron chi connectivity index (χ3n) is 3.85. The fourth-order valence-corrected chi connectivity index (χ4v) is 3.39. The molecule has 1 N–H and O–H groups in total. The van der Waals surface area contributed by atoms with Gasteiger partial charge in [0.15, 0.2) is 5.13 Å². The summed E-state index contributed by atoms with van der Waals surface area (Å²) in [6.45, 7) is 3.01. The van der Waals surface area contributed by atoms with E-state index < -0.39 is 0 Å². The van der Waals surface area contributed by atoms with E-state index in [-0.39, 0.29) is 11.9 Å². The Morgan fingerprint density at radius 1 is 1.65 bits per heavy atom. The van der Waals surface area contributed by atoms with Gasteiger partial charge in [0.1, 0.15) is 0 Å². The van der Waals surface area contributed by atoms with Gasteiger partial charge in [-0.3, -0.25) is 9.69 Å². The number of likely N-dealkylation sites (tertiary alicyclic amines) is 1. The summed E-state index contributed by atoms with van der Waals surface area (Å²) in [5.41, 5.74) is 1.43. The fourth-order valence-electron chi connectivity index (χ4n) is 2.70. The molecule has 1 amide bonds. The Kier molecular flexibility index (Phi) is 2.48. The Morgan fingerprint density at radius 3 is 2.94 bits per heavy atom. The predicted molar refractivity (Wildman–Crippen MR) is 68.2 cm³/mol. The second-order valence-electron chi connectivity index (χ2n) is 5.42. The number of anilines is 1. The number of thiazole rings is 1. The van der Waals surface area contributed by atoms with Gasteiger partial charge in [0.25, 0.3) is 0 Å². The van der Waals surface area contributed by atoms with E-state index in [2.05, 4.69) is 15.2 Å². The Hall–Kier alpha value is -0.940. The highest BCUT2D eigenvalue weighted by atomic mass is 32.1. The van der Waals surface area contributed by atoms with Gasteiger partial charge in [0.05, 0.1) is 11.7 Å². The van der Waals surface area contributed by atoms with Crippen LogP contribution < -0.4 is 5.32 Å². The van der Waals surface area contributed by atoms with Crippen LogP contribution in [0.15, 0.2) is 5.38 Å². The van der Waals surface area contributed by atoms with Gasteiger partial charge in [-0.2, -0.15) is 0 Å². The second-order valence-corrected chi connectivity index (χ2v) is 6.28. The van der Waals surface area contributed by atoms with Crippen molar-refractivity contribution in [1.82, 2.24) is 9.88 Å². The molecule has 2 fully saturated rings. The van der Waals surface area contributed by atoms with Crippen molar-refractivity contribution in [2.24, 2.45) is 5.41 Å². The zero-order valence-corrected chi connectivity index (χ0v) is 11.0. The van der Waals surface area contributed by atoms with Crippen LogP contribution in [0.3, 0.4) is 0 Å². The molecule has 1 unspecified atom stereocenters. The zero-order valence-electron chi connectivity index (χ0n) is 10.2. The van der Waals surface area contributed by atoms with Crippen LogP contribution in [0.2, 0.25) is 0 Å². The van der Waals surface area contributed by atoms with Crippen molar-refractivity contribution in [3.63, 3.8) is 0 Å². The van der Waals surface area contributed by atoms with E-state index >= 15 is 0 Å². The number of nitrogens with one attached hydrogen (secondary N) is 1. The highest BCUT2D eigenvalue weighted by Crippen LogP contribution is 2.54. The summed E-state index contributed by atoms with van der Waals surface area (Å²) < 4.78 is 0. The smallest absolute Gasteiger partial charge is 0.243 e. The predicted octanol–water partition coefficient (Wildman–Crippen LogP) is 1.87. The van der Waals surface area contributed by atoms with E-state index in [9.17, 15) is 4.79 Å². The van der Waals surface area contributed by atoms with E-state index in [0.717, 1.165) is 23.8 Å². The first-order chi connectivity index (χ1) is 8.08. The van der Waals surface area contributed by atoms with Crippen molar-refractivity contribution in [2.45, 2.75) is 32.2 Å². The molecule has 2 aliphatic rings. The monoisotopic (exact) mass is 251 g/mol. The zero-order chi connectivity index (χ0) is 12.0. The molecule has 5 heteroatoms. The Balaban J connectivity index is 1.66. The van der Waals surface area contributed by atoms with Gasteiger partial charge >= 0.3 is 0 Å². The lowest BCUT2D eigenvalue weighted by atomic mass is 10.0. The molecular formula is C12H17N3OS. The van der Waals surface area contributed by atoms with E-state index in [1.54, 1.807) is 0 Å². The summed E-state index contributed by atoms with van der Waals surface area (Å²) >= 11 is 1.49. The molecule has 1 atom stereocenters. The lowest BCUT2D eigenvalue weighted by molar-refractivity contribution is -0.120. The number of carbonyl (C=O) groups excluding carboxylic acids is 1. The first-order valence-corrected chi connectivity index (χ1v) is 6.89. The Bertz CT molecular complexity index is 452. The summed E-state index contributed by atoms with van der Waals surface area (Å²) in [4.78, 5) is 18.6. The highest BCUT2D eigenvalue weighted by Gasteiger charge is 2.52. The minimum absolute atomic E-state index is 0.0294. The topological polar surface area (TPSA) is 45.2 Å². The molecule has 17 heavy (non-hydrogen) atoms. The molecule has 1 saturated carbocycles. The molecule has 1 saturated heterocycles. The third-order valence-corrected chi connectivity index (χ3v) is 4.73. The molecule has 1 aliphatic carbocycles. The van der Waals surface area contributed by atoms with Crippen LogP contribution in [0.4, 0.5) is 5.13 Å². The number of likely N-dealkylation sites (N-methyl/N-ethyl adjacent to an activating group) is 1. The lowest BCUT2D eigenvalue weighted by Gasteiger charge is -2.17. The van der Waals surface area contributed by atoms with Crippen molar-refractivity contribution >= 4 is 22.4 Å². The van der Waals surface area contributed by atoms with Crippen LogP contribution in [-0.4, -0.2) is 35.4 Å². The molecule has 1 aromatic rings. The summed E-state index contributed by atoms with van der Waals surface area (Å²) in [7, 11) is 2.05. The summed E-state index contributed by atoms with van der Waals surface area (Å²) in [6.07, 6.45) is 3.59. The molecule has 0 radical (unpaired) electrons.